The van der Waals surface area contributed by atoms with Crippen LogP contribution in [0.3, 0.4) is 0 Å². The van der Waals surface area contributed by atoms with Crippen molar-refractivity contribution < 1.29 is 9.21 Å². The molecule has 0 radical (unpaired) electrons. The molecule has 1 heterocycles. The van der Waals surface area contributed by atoms with E-state index in [1.54, 1.807) is 25.3 Å². The Morgan fingerprint density at radius 3 is 2.50 bits per heavy atom. The predicted molar refractivity (Wildman–Crippen MR) is 114 cm³/mol. The SMILES string of the molecule is CC(C)CN=C(NCCc1cccc(C(=O)N(C)C)c1)NCCc1ccco1. The van der Waals surface area contributed by atoms with E-state index >= 15 is 0 Å². The molecule has 0 atom stereocenters. The molecule has 2 aromatic rings. The number of guanidine groups is 1. The Kier molecular flexibility index (Phi) is 8.59. The van der Waals surface area contributed by atoms with E-state index in [0.717, 1.165) is 49.8 Å². The number of benzene rings is 1. The van der Waals surface area contributed by atoms with E-state index in [4.69, 9.17) is 4.42 Å². The lowest BCUT2D eigenvalue weighted by Crippen LogP contribution is -2.39. The van der Waals surface area contributed by atoms with Crippen LogP contribution in [0.4, 0.5) is 0 Å². The molecule has 0 bridgehead atoms. The first kappa shape index (κ1) is 21.5. The van der Waals surface area contributed by atoms with Crippen LogP contribution >= 0.6 is 0 Å². The Hall–Kier alpha value is -2.76. The van der Waals surface area contributed by atoms with Gasteiger partial charge in [0.15, 0.2) is 5.96 Å². The molecule has 0 aliphatic rings. The van der Waals surface area contributed by atoms with Crippen LogP contribution in [0.2, 0.25) is 0 Å². The van der Waals surface area contributed by atoms with Crippen molar-refractivity contribution in [2.45, 2.75) is 26.7 Å². The standard InChI is InChI=1S/C22H32N4O2/c1-17(2)16-25-22(24-13-11-20-9-6-14-28-20)23-12-10-18-7-5-8-19(15-18)21(27)26(3)4/h5-9,14-15,17H,10-13,16H2,1-4H3,(H2,23,24,25). The average molecular weight is 385 g/mol. The van der Waals surface area contributed by atoms with Gasteiger partial charge in [-0.1, -0.05) is 26.0 Å². The number of carbonyl (C=O) groups is 1. The Morgan fingerprint density at radius 2 is 1.86 bits per heavy atom. The molecule has 1 aromatic heterocycles. The van der Waals surface area contributed by atoms with E-state index in [2.05, 4.69) is 29.5 Å². The number of carbonyl (C=O) groups excluding carboxylic acids is 1. The molecular formula is C22H32N4O2. The zero-order valence-electron chi connectivity index (χ0n) is 17.4. The van der Waals surface area contributed by atoms with Crippen molar-refractivity contribution in [3.8, 4) is 0 Å². The molecule has 0 unspecified atom stereocenters. The Labute approximate surface area is 168 Å². The molecule has 1 aromatic carbocycles. The zero-order valence-corrected chi connectivity index (χ0v) is 17.4. The van der Waals surface area contributed by atoms with Crippen LogP contribution in [0.5, 0.6) is 0 Å². The number of hydrogen-bond donors (Lipinski definition) is 2. The molecule has 1 amide bonds. The number of nitrogens with zero attached hydrogens (tertiary/aromatic N) is 2. The molecule has 0 fully saturated rings. The second kappa shape index (κ2) is 11.2. The summed E-state index contributed by atoms with van der Waals surface area (Å²) < 4.78 is 5.37. The molecule has 6 nitrogen and oxygen atoms in total. The van der Waals surface area contributed by atoms with Gasteiger partial charge >= 0.3 is 0 Å². The highest BCUT2D eigenvalue weighted by molar-refractivity contribution is 5.94. The van der Waals surface area contributed by atoms with Crippen LogP contribution in [0, 0.1) is 5.92 Å². The lowest BCUT2D eigenvalue weighted by Gasteiger charge is -2.14. The maximum absolute atomic E-state index is 12.1. The Morgan fingerprint density at radius 1 is 1.11 bits per heavy atom. The second-order valence-electron chi connectivity index (χ2n) is 7.42. The molecule has 152 valence electrons. The van der Waals surface area contributed by atoms with Gasteiger partial charge in [0.25, 0.3) is 5.91 Å². The smallest absolute Gasteiger partial charge is 0.253 e. The third kappa shape index (κ3) is 7.47. The first-order valence-corrected chi connectivity index (χ1v) is 9.81. The number of aliphatic imine (C=N–C) groups is 1. The minimum atomic E-state index is 0.0218. The average Bonchev–Trinajstić information content (AvgIpc) is 3.18. The zero-order chi connectivity index (χ0) is 20.4. The second-order valence-corrected chi connectivity index (χ2v) is 7.42. The summed E-state index contributed by atoms with van der Waals surface area (Å²) in [5, 5.41) is 6.75. The lowest BCUT2D eigenvalue weighted by atomic mass is 10.1. The minimum Gasteiger partial charge on any atom is -0.469 e. The summed E-state index contributed by atoms with van der Waals surface area (Å²) in [6.07, 6.45) is 3.32. The van der Waals surface area contributed by atoms with Crippen LogP contribution in [-0.4, -0.2) is 50.5 Å². The molecule has 2 N–H and O–H groups in total. The molecule has 0 saturated heterocycles. The summed E-state index contributed by atoms with van der Waals surface area (Å²) in [5.74, 6) is 2.28. The summed E-state index contributed by atoms with van der Waals surface area (Å²) >= 11 is 0. The van der Waals surface area contributed by atoms with Gasteiger partial charge in [0.2, 0.25) is 0 Å². The molecule has 6 heteroatoms. The fourth-order valence-electron chi connectivity index (χ4n) is 2.65. The fourth-order valence-corrected chi connectivity index (χ4v) is 2.65. The summed E-state index contributed by atoms with van der Waals surface area (Å²) in [6, 6.07) is 11.7. The monoisotopic (exact) mass is 384 g/mol. The summed E-state index contributed by atoms with van der Waals surface area (Å²) in [4.78, 5) is 18.4. The highest BCUT2D eigenvalue weighted by Gasteiger charge is 2.08. The number of rotatable bonds is 9. The number of nitrogens with one attached hydrogen (secondary N) is 2. The fraction of sp³-hybridized carbons (Fsp3) is 0.455. The van der Waals surface area contributed by atoms with Crippen molar-refractivity contribution in [1.29, 1.82) is 0 Å². The highest BCUT2D eigenvalue weighted by atomic mass is 16.3. The molecule has 0 aliphatic carbocycles. The van der Waals surface area contributed by atoms with Gasteiger partial charge in [-0.2, -0.15) is 0 Å². The number of furan rings is 1. The molecule has 0 aliphatic heterocycles. The molecule has 2 rings (SSSR count). The summed E-state index contributed by atoms with van der Waals surface area (Å²) in [6.45, 7) is 6.56. The third-order valence-electron chi connectivity index (χ3n) is 4.14. The van der Waals surface area contributed by atoms with Gasteiger partial charge in [0.05, 0.1) is 6.26 Å². The van der Waals surface area contributed by atoms with Crippen molar-refractivity contribution in [3.05, 3.63) is 59.5 Å². The van der Waals surface area contributed by atoms with Gasteiger partial charge in [0.1, 0.15) is 5.76 Å². The maximum atomic E-state index is 12.1. The van der Waals surface area contributed by atoms with Crippen LogP contribution in [0.1, 0.15) is 35.5 Å². The van der Waals surface area contributed by atoms with E-state index in [1.807, 2.05) is 36.4 Å². The largest absolute Gasteiger partial charge is 0.469 e. The first-order chi connectivity index (χ1) is 13.5. The van der Waals surface area contributed by atoms with E-state index < -0.39 is 0 Å². The van der Waals surface area contributed by atoms with E-state index in [1.165, 1.54) is 0 Å². The van der Waals surface area contributed by atoms with Crippen LogP contribution in [0.25, 0.3) is 0 Å². The third-order valence-corrected chi connectivity index (χ3v) is 4.14. The van der Waals surface area contributed by atoms with Crippen molar-refractivity contribution in [2.24, 2.45) is 10.9 Å². The van der Waals surface area contributed by atoms with Crippen LogP contribution < -0.4 is 10.6 Å². The van der Waals surface area contributed by atoms with Gasteiger partial charge in [-0.25, -0.2) is 0 Å². The van der Waals surface area contributed by atoms with Crippen molar-refractivity contribution in [2.75, 3.05) is 33.7 Å². The van der Waals surface area contributed by atoms with Gasteiger partial charge in [0, 0.05) is 45.7 Å². The van der Waals surface area contributed by atoms with Crippen molar-refractivity contribution in [1.82, 2.24) is 15.5 Å². The number of hydrogen-bond acceptors (Lipinski definition) is 3. The van der Waals surface area contributed by atoms with E-state index in [-0.39, 0.29) is 5.91 Å². The lowest BCUT2D eigenvalue weighted by molar-refractivity contribution is 0.0827. The van der Waals surface area contributed by atoms with Gasteiger partial charge in [-0.3, -0.25) is 9.79 Å². The normalized spacial score (nSPS) is 11.5. The minimum absolute atomic E-state index is 0.0218. The molecule has 0 spiro atoms. The molecule has 28 heavy (non-hydrogen) atoms. The van der Waals surface area contributed by atoms with E-state index in [0.29, 0.717) is 11.5 Å². The molecular weight excluding hydrogens is 352 g/mol. The van der Waals surface area contributed by atoms with Crippen molar-refractivity contribution >= 4 is 11.9 Å². The summed E-state index contributed by atoms with van der Waals surface area (Å²) in [7, 11) is 3.53. The van der Waals surface area contributed by atoms with E-state index in [9.17, 15) is 4.79 Å². The van der Waals surface area contributed by atoms with Crippen LogP contribution in [0.15, 0.2) is 52.1 Å². The van der Waals surface area contributed by atoms with Crippen LogP contribution in [-0.2, 0) is 12.8 Å². The predicted octanol–water partition coefficient (Wildman–Crippen LogP) is 2.96. The first-order valence-electron chi connectivity index (χ1n) is 9.81. The summed E-state index contributed by atoms with van der Waals surface area (Å²) in [5.41, 5.74) is 1.84. The number of amides is 1. The Balaban J connectivity index is 1.87. The molecule has 0 saturated carbocycles. The quantitative estimate of drug-likeness (QED) is 0.515. The van der Waals surface area contributed by atoms with Gasteiger partial charge in [-0.05, 0) is 42.2 Å². The van der Waals surface area contributed by atoms with Crippen molar-refractivity contribution in [3.63, 3.8) is 0 Å². The topological polar surface area (TPSA) is 69.9 Å². The highest BCUT2D eigenvalue weighted by Crippen LogP contribution is 2.08. The van der Waals surface area contributed by atoms with Gasteiger partial charge < -0.3 is 20.0 Å². The van der Waals surface area contributed by atoms with Gasteiger partial charge in [-0.15, -0.1) is 0 Å². The maximum Gasteiger partial charge on any atom is 0.253 e. The Bertz CT molecular complexity index is 752.